The van der Waals surface area contributed by atoms with Crippen LogP contribution in [0.5, 0.6) is 0 Å². The highest BCUT2D eigenvalue weighted by Crippen LogP contribution is 2.33. The number of halogens is 3. The SMILES string of the molecule is FC(F)(F)c1cncc(N2CCC[C@H](CN3C[C@H](OCc4ccccc4)C(OCc4ccccc4)[C@H](OCc4ccccc4)C3)C2)c1. The molecule has 0 bridgehead atoms. The molecule has 248 valence electrons. The lowest BCUT2D eigenvalue weighted by Crippen LogP contribution is -2.59. The van der Waals surface area contributed by atoms with Gasteiger partial charge in [0.25, 0.3) is 0 Å². The van der Waals surface area contributed by atoms with E-state index in [1.165, 1.54) is 12.3 Å². The average molecular weight is 646 g/mol. The van der Waals surface area contributed by atoms with Crippen molar-refractivity contribution < 1.29 is 27.4 Å². The maximum atomic E-state index is 13.4. The highest BCUT2D eigenvalue weighted by molar-refractivity contribution is 5.47. The Kier molecular flexibility index (Phi) is 11.2. The highest BCUT2D eigenvalue weighted by Gasteiger charge is 2.40. The topological polar surface area (TPSA) is 47.1 Å². The van der Waals surface area contributed by atoms with Gasteiger partial charge in [-0.25, -0.2) is 0 Å². The van der Waals surface area contributed by atoms with Gasteiger partial charge in [-0.3, -0.25) is 9.88 Å². The molecular weight excluding hydrogens is 603 g/mol. The second kappa shape index (κ2) is 15.9. The third-order valence-electron chi connectivity index (χ3n) is 8.96. The Morgan fingerprint density at radius 3 is 1.74 bits per heavy atom. The van der Waals surface area contributed by atoms with Crippen LogP contribution in [-0.4, -0.2) is 60.9 Å². The summed E-state index contributed by atoms with van der Waals surface area (Å²) in [6.07, 6.45) is -0.889. The lowest BCUT2D eigenvalue weighted by atomic mass is 9.94. The molecule has 0 amide bonds. The molecule has 0 aliphatic carbocycles. The first-order chi connectivity index (χ1) is 22.9. The van der Waals surface area contributed by atoms with Crippen molar-refractivity contribution >= 4 is 5.69 Å². The third kappa shape index (κ3) is 9.41. The van der Waals surface area contributed by atoms with Gasteiger partial charge in [0.05, 0.1) is 49.5 Å². The van der Waals surface area contributed by atoms with Crippen molar-refractivity contribution in [2.45, 2.75) is 57.2 Å². The van der Waals surface area contributed by atoms with E-state index in [4.69, 9.17) is 14.2 Å². The molecule has 4 aromatic rings. The van der Waals surface area contributed by atoms with E-state index in [0.29, 0.717) is 51.7 Å². The molecule has 4 atom stereocenters. The molecule has 6 nitrogen and oxygen atoms in total. The van der Waals surface area contributed by atoms with Gasteiger partial charge < -0.3 is 19.1 Å². The van der Waals surface area contributed by atoms with Gasteiger partial charge in [-0.05, 0) is 41.5 Å². The minimum absolute atomic E-state index is 0.249. The predicted octanol–water partition coefficient (Wildman–Crippen LogP) is 7.39. The molecule has 2 aliphatic heterocycles. The van der Waals surface area contributed by atoms with Crippen LogP contribution in [0.15, 0.2) is 109 Å². The zero-order chi connectivity index (χ0) is 32.5. The minimum Gasteiger partial charge on any atom is -0.370 e. The molecule has 1 aromatic heterocycles. The van der Waals surface area contributed by atoms with Crippen LogP contribution in [0.4, 0.5) is 18.9 Å². The molecule has 0 spiro atoms. The molecular formula is C38H42F3N3O3. The van der Waals surface area contributed by atoms with Crippen molar-refractivity contribution in [2.24, 2.45) is 5.92 Å². The quantitative estimate of drug-likeness (QED) is 0.160. The summed E-state index contributed by atoms with van der Waals surface area (Å²) in [6.45, 7) is 4.85. The van der Waals surface area contributed by atoms with Crippen LogP contribution in [0.2, 0.25) is 0 Å². The van der Waals surface area contributed by atoms with E-state index < -0.39 is 11.7 Å². The standard InChI is InChI=1S/C38H42F3N3O3/c39-38(40,41)33-19-34(21-42-20-33)44-18-10-17-32(23-44)22-43-24-35(45-26-29-11-4-1-5-12-29)37(47-28-31-15-8-3-9-16-31)36(25-43)46-27-30-13-6-2-7-14-30/h1-9,11-16,19-21,32,35-37H,10,17-18,22-28H2/t32-,35-,36+,37?/m1/s1. The minimum atomic E-state index is -4.42. The van der Waals surface area contributed by atoms with Gasteiger partial charge in [-0.1, -0.05) is 91.0 Å². The number of nitrogens with zero attached hydrogens (tertiary/aromatic N) is 3. The molecule has 1 unspecified atom stereocenters. The summed E-state index contributed by atoms with van der Waals surface area (Å²) in [5.41, 5.74) is 3.07. The molecule has 6 rings (SSSR count). The van der Waals surface area contributed by atoms with Crippen molar-refractivity contribution in [3.05, 3.63) is 132 Å². The molecule has 2 saturated heterocycles. The number of rotatable bonds is 12. The predicted molar refractivity (Wildman–Crippen MR) is 176 cm³/mol. The van der Waals surface area contributed by atoms with E-state index in [2.05, 4.69) is 46.3 Å². The van der Waals surface area contributed by atoms with Crippen molar-refractivity contribution in [1.29, 1.82) is 0 Å². The first-order valence-electron chi connectivity index (χ1n) is 16.4. The van der Waals surface area contributed by atoms with Gasteiger partial charge in [-0.2, -0.15) is 13.2 Å². The number of likely N-dealkylation sites (tertiary alicyclic amines) is 1. The second-order valence-corrected chi connectivity index (χ2v) is 12.5. The first-order valence-corrected chi connectivity index (χ1v) is 16.4. The van der Waals surface area contributed by atoms with Crippen LogP contribution >= 0.6 is 0 Å². The van der Waals surface area contributed by atoms with Crippen LogP contribution in [0.1, 0.15) is 35.1 Å². The molecule has 3 aromatic carbocycles. The van der Waals surface area contributed by atoms with E-state index in [9.17, 15) is 13.2 Å². The van der Waals surface area contributed by atoms with Crippen LogP contribution in [0.25, 0.3) is 0 Å². The summed E-state index contributed by atoms with van der Waals surface area (Å²) in [4.78, 5) is 8.34. The number of ether oxygens (including phenoxy) is 3. The van der Waals surface area contributed by atoms with Crippen LogP contribution in [0.3, 0.4) is 0 Å². The van der Waals surface area contributed by atoms with Gasteiger partial charge in [0.15, 0.2) is 0 Å². The number of benzene rings is 3. The average Bonchev–Trinajstić information content (AvgIpc) is 3.10. The Morgan fingerprint density at radius 2 is 1.21 bits per heavy atom. The number of piperidine rings is 2. The molecule has 47 heavy (non-hydrogen) atoms. The Labute approximate surface area is 275 Å². The van der Waals surface area contributed by atoms with Crippen molar-refractivity contribution in [3.63, 3.8) is 0 Å². The molecule has 2 fully saturated rings. The van der Waals surface area contributed by atoms with Gasteiger partial charge in [0.1, 0.15) is 6.10 Å². The maximum Gasteiger partial charge on any atom is 0.417 e. The van der Waals surface area contributed by atoms with Crippen LogP contribution < -0.4 is 4.90 Å². The number of hydrogen-bond donors (Lipinski definition) is 0. The largest absolute Gasteiger partial charge is 0.417 e. The normalized spacial score (nSPS) is 22.3. The summed E-state index contributed by atoms with van der Waals surface area (Å²) in [5.74, 6) is 0.268. The maximum absolute atomic E-state index is 13.4. The fourth-order valence-electron chi connectivity index (χ4n) is 6.58. The number of pyridine rings is 1. The highest BCUT2D eigenvalue weighted by atomic mass is 19.4. The van der Waals surface area contributed by atoms with Crippen LogP contribution in [0, 0.1) is 5.92 Å². The fourth-order valence-corrected chi connectivity index (χ4v) is 6.58. The first kappa shape index (κ1) is 33.2. The zero-order valence-corrected chi connectivity index (χ0v) is 26.5. The Bertz CT molecular complexity index is 1460. The molecule has 2 aliphatic rings. The Morgan fingerprint density at radius 1 is 0.681 bits per heavy atom. The lowest BCUT2D eigenvalue weighted by Gasteiger charge is -2.45. The number of hydrogen-bond acceptors (Lipinski definition) is 6. The van der Waals surface area contributed by atoms with E-state index >= 15 is 0 Å². The van der Waals surface area contributed by atoms with Gasteiger partial charge in [-0.15, -0.1) is 0 Å². The number of alkyl halides is 3. The fraction of sp³-hybridized carbons (Fsp3) is 0.395. The monoisotopic (exact) mass is 645 g/mol. The van der Waals surface area contributed by atoms with E-state index in [-0.39, 0.29) is 24.2 Å². The van der Waals surface area contributed by atoms with E-state index in [0.717, 1.165) is 42.3 Å². The van der Waals surface area contributed by atoms with Crippen molar-refractivity contribution in [3.8, 4) is 0 Å². The molecule has 0 N–H and O–H groups in total. The van der Waals surface area contributed by atoms with Gasteiger partial charge in [0.2, 0.25) is 0 Å². The molecule has 0 radical (unpaired) electrons. The number of anilines is 1. The molecule has 0 saturated carbocycles. The van der Waals surface area contributed by atoms with Crippen molar-refractivity contribution in [1.82, 2.24) is 9.88 Å². The van der Waals surface area contributed by atoms with Gasteiger partial charge >= 0.3 is 6.18 Å². The summed E-state index contributed by atoms with van der Waals surface area (Å²) in [6, 6.07) is 31.6. The summed E-state index contributed by atoms with van der Waals surface area (Å²) in [7, 11) is 0. The lowest BCUT2D eigenvalue weighted by molar-refractivity contribution is -0.185. The molecule has 9 heteroatoms. The number of aromatic nitrogens is 1. The van der Waals surface area contributed by atoms with E-state index in [1.807, 2.05) is 59.5 Å². The van der Waals surface area contributed by atoms with Gasteiger partial charge in [0, 0.05) is 38.9 Å². The summed E-state index contributed by atoms with van der Waals surface area (Å²) in [5, 5.41) is 0. The second-order valence-electron chi connectivity index (χ2n) is 12.5. The Balaban J connectivity index is 1.19. The third-order valence-corrected chi connectivity index (χ3v) is 8.96. The Hall–Kier alpha value is -3.76. The molecule has 3 heterocycles. The van der Waals surface area contributed by atoms with Crippen LogP contribution in [-0.2, 0) is 40.2 Å². The van der Waals surface area contributed by atoms with Crippen molar-refractivity contribution in [2.75, 3.05) is 37.6 Å². The summed E-state index contributed by atoms with van der Waals surface area (Å²) < 4.78 is 60.2. The zero-order valence-electron chi connectivity index (χ0n) is 26.5. The van der Waals surface area contributed by atoms with E-state index in [1.54, 1.807) is 0 Å². The summed E-state index contributed by atoms with van der Waals surface area (Å²) >= 11 is 0. The smallest absolute Gasteiger partial charge is 0.370 e.